The fourth-order valence-electron chi connectivity index (χ4n) is 0.839. The summed E-state index contributed by atoms with van der Waals surface area (Å²) in [6.07, 6.45) is 0. The maximum atomic E-state index is 12.7. The van der Waals surface area contributed by atoms with Crippen LogP contribution in [-0.2, 0) is 0 Å². The number of carbonyl (C=O) groups is 1. The summed E-state index contributed by atoms with van der Waals surface area (Å²) >= 11 is 0. The molecule has 0 aromatic heterocycles. The summed E-state index contributed by atoms with van der Waals surface area (Å²) in [5.74, 6) is -1.58. The van der Waals surface area contributed by atoms with Gasteiger partial charge in [0.2, 0.25) is 0 Å². The molecule has 0 atom stereocenters. The molecule has 72 valence electrons. The Balaban J connectivity index is 0.000000671. The van der Waals surface area contributed by atoms with E-state index in [2.05, 4.69) is 0 Å². The highest BCUT2D eigenvalue weighted by atomic mass is 19.1. The summed E-state index contributed by atoms with van der Waals surface area (Å²) < 4.78 is 12.7. The Bertz CT molecular complexity index is 295. The van der Waals surface area contributed by atoms with E-state index in [-0.39, 0.29) is 11.1 Å². The molecule has 13 heavy (non-hydrogen) atoms. The Labute approximate surface area is 77.0 Å². The number of halogens is 1. The minimum Gasteiger partial charge on any atom is -0.478 e. The van der Waals surface area contributed by atoms with Gasteiger partial charge in [-0.15, -0.1) is 0 Å². The van der Waals surface area contributed by atoms with Gasteiger partial charge in [-0.2, -0.15) is 0 Å². The lowest BCUT2D eigenvalue weighted by Gasteiger charge is -1.99. The van der Waals surface area contributed by atoms with Crippen molar-refractivity contribution in [3.63, 3.8) is 0 Å². The van der Waals surface area contributed by atoms with Crippen LogP contribution >= 0.6 is 0 Å². The molecule has 0 aliphatic heterocycles. The molecule has 0 bridgehead atoms. The van der Waals surface area contributed by atoms with Gasteiger partial charge < -0.3 is 5.11 Å². The molecule has 1 rings (SSSR count). The molecule has 0 unspecified atom stereocenters. The van der Waals surface area contributed by atoms with Gasteiger partial charge in [-0.3, -0.25) is 0 Å². The Morgan fingerprint density at radius 1 is 1.38 bits per heavy atom. The zero-order valence-electron chi connectivity index (χ0n) is 7.97. The Kier molecular flexibility index (Phi) is 4.74. The largest absolute Gasteiger partial charge is 0.478 e. The standard InChI is InChI=1S/C8H7FO2.C2H6/c1-5-6(8(10)11)3-2-4-7(5)9;1-2/h2-4H,1H3,(H,10,11);1-2H3. The third-order valence-corrected chi connectivity index (χ3v) is 1.50. The molecule has 1 aromatic rings. The average molecular weight is 184 g/mol. The third-order valence-electron chi connectivity index (χ3n) is 1.50. The van der Waals surface area contributed by atoms with Gasteiger partial charge in [-0.25, -0.2) is 9.18 Å². The Morgan fingerprint density at radius 3 is 2.31 bits per heavy atom. The maximum Gasteiger partial charge on any atom is 0.336 e. The van der Waals surface area contributed by atoms with E-state index in [1.807, 2.05) is 13.8 Å². The highest BCUT2D eigenvalue weighted by Crippen LogP contribution is 2.11. The lowest BCUT2D eigenvalue weighted by molar-refractivity contribution is 0.0695. The minimum absolute atomic E-state index is 0.0185. The lowest BCUT2D eigenvalue weighted by atomic mass is 10.1. The molecular formula is C10H13FO2. The first kappa shape index (κ1) is 11.6. The van der Waals surface area contributed by atoms with Crippen molar-refractivity contribution in [3.8, 4) is 0 Å². The van der Waals surface area contributed by atoms with Crippen molar-refractivity contribution < 1.29 is 14.3 Å². The van der Waals surface area contributed by atoms with Crippen molar-refractivity contribution in [1.29, 1.82) is 0 Å². The first-order chi connectivity index (χ1) is 6.13. The predicted molar refractivity (Wildman–Crippen MR) is 49.4 cm³/mol. The minimum atomic E-state index is -1.10. The second-order valence-corrected chi connectivity index (χ2v) is 2.22. The predicted octanol–water partition coefficient (Wildman–Crippen LogP) is 2.86. The van der Waals surface area contributed by atoms with Crippen LogP contribution in [-0.4, -0.2) is 11.1 Å². The van der Waals surface area contributed by atoms with Crippen LogP contribution < -0.4 is 0 Å². The van der Waals surface area contributed by atoms with Crippen LogP contribution in [0.2, 0.25) is 0 Å². The number of carboxylic acids is 1. The topological polar surface area (TPSA) is 37.3 Å². The van der Waals surface area contributed by atoms with Crippen molar-refractivity contribution in [3.05, 3.63) is 35.1 Å². The third kappa shape index (κ3) is 2.86. The average Bonchev–Trinajstić information content (AvgIpc) is 2.13. The molecule has 0 saturated carbocycles. The molecule has 1 N–H and O–H groups in total. The van der Waals surface area contributed by atoms with Gasteiger partial charge in [0, 0.05) is 0 Å². The summed E-state index contributed by atoms with van der Waals surface area (Å²) in [5, 5.41) is 8.52. The first-order valence-electron chi connectivity index (χ1n) is 4.11. The van der Waals surface area contributed by atoms with Crippen LogP contribution in [0.4, 0.5) is 4.39 Å². The molecule has 0 aliphatic rings. The summed E-state index contributed by atoms with van der Waals surface area (Å²) in [6.45, 7) is 5.44. The van der Waals surface area contributed by atoms with Gasteiger partial charge in [0.1, 0.15) is 5.82 Å². The highest BCUT2D eigenvalue weighted by molar-refractivity contribution is 5.89. The molecular weight excluding hydrogens is 171 g/mol. The van der Waals surface area contributed by atoms with Gasteiger partial charge >= 0.3 is 5.97 Å². The molecule has 0 heterocycles. The van der Waals surface area contributed by atoms with Crippen molar-refractivity contribution in [2.45, 2.75) is 20.8 Å². The fourth-order valence-corrected chi connectivity index (χ4v) is 0.839. The van der Waals surface area contributed by atoms with E-state index in [0.29, 0.717) is 0 Å². The first-order valence-corrected chi connectivity index (χ1v) is 4.11. The van der Waals surface area contributed by atoms with Gasteiger partial charge in [0.25, 0.3) is 0 Å². The van der Waals surface area contributed by atoms with Crippen LogP contribution in [0.25, 0.3) is 0 Å². The van der Waals surface area contributed by atoms with Gasteiger partial charge in [0.15, 0.2) is 0 Å². The summed E-state index contributed by atoms with van der Waals surface area (Å²) in [5.41, 5.74) is 0.199. The normalized spacial score (nSPS) is 8.62. The van der Waals surface area contributed by atoms with Crippen molar-refractivity contribution in [1.82, 2.24) is 0 Å². The molecule has 3 heteroatoms. The number of aromatic carboxylic acids is 1. The molecule has 0 spiro atoms. The van der Waals surface area contributed by atoms with E-state index < -0.39 is 11.8 Å². The molecule has 0 aliphatic carbocycles. The lowest BCUT2D eigenvalue weighted by Crippen LogP contribution is -2.00. The van der Waals surface area contributed by atoms with E-state index in [1.165, 1.54) is 25.1 Å². The van der Waals surface area contributed by atoms with E-state index in [9.17, 15) is 9.18 Å². The van der Waals surface area contributed by atoms with Crippen LogP contribution in [0.1, 0.15) is 29.8 Å². The van der Waals surface area contributed by atoms with Crippen LogP contribution in [0.15, 0.2) is 18.2 Å². The Morgan fingerprint density at radius 2 is 1.92 bits per heavy atom. The Hall–Kier alpha value is -1.38. The molecule has 0 radical (unpaired) electrons. The second kappa shape index (κ2) is 5.30. The van der Waals surface area contributed by atoms with Gasteiger partial charge in [0.05, 0.1) is 5.56 Å². The summed E-state index contributed by atoms with van der Waals surface area (Å²) in [7, 11) is 0. The van der Waals surface area contributed by atoms with E-state index in [1.54, 1.807) is 0 Å². The van der Waals surface area contributed by atoms with E-state index >= 15 is 0 Å². The number of hydrogen-bond acceptors (Lipinski definition) is 1. The molecule has 2 nitrogen and oxygen atoms in total. The number of rotatable bonds is 1. The quantitative estimate of drug-likeness (QED) is 0.728. The zero-order valence-corrected chi connectivity index (χ0v) is 7.97. The monoisotopic (exact) mass is 184 g/mol. The second-order valence-electron chi connectivity index (χ2n) is 2.22. The SMILES string of the molecule is CC.Cc1c(F)cccc1C(=O)O. The van der Waals surface area contributed by atoms with Gasteiger partial charge in [-0.1, -0.05) is 19.9 Å². The van der Waals surface area contributed by atoms with Crippen LogP contribution in [0.3, 0.4) is 0 Å². The summed E-state index contributed by atoms with van der Waals surface area (Å²) in [6, 6.07) is 3.99. The van der Waals surface area contributed by atoms with Crippen LogP contribution in [0, 0.1) is 12.7 Å². The molecule has 0 fully saturated rings. The van der Waals surface area contributed by atoms with Crippen molar-refractivity contribution in [2.24, 2.45) is 0 Å². The van der Waals surface area contributed by atoms with Crippen molar-refractivity contribution >= 4 is 5.97 Å². The maximum absolute atomic E-state index is 12.7. The highest BCUT2D eigenvalue weighted by Gasteiger charge is 2.08. The smallest absolute Gasteiger partial charge is 0.336 e. The number of benzene rings is 1. The van der Waals surface area contributed by atoms with E-state index in [0.717, 1.165) is 0 Å². The zero-order chi connectivity index (χ0) is 10.4. The van der Waals surface area contributed by atoms with Gasteiger partial charge in [-0.05, 0) is 24.6 Å². The number of carboxylic acid groups (broad SMARTS) is 1. The van der Waals surface area contributed by atoms with E-state index in [4.69, 9.17) is 5.11 Å². The molecule has 0 saturated heterocycles. The molecule has 1 aromatic carbocycles. The fraction of sp³-hybridized carbons (Fsp3) is 0.300. The van der Waals surface area contributed by atoms with Crippen LogP contribution in [0.5, 0.6) is 0 Å². The number of hydrogen-bond donors (Lipinski definition) is 1. The van der Waals surface area contributed by atoms with Crippen molar-refractivity contribution in [2.75, 3.05) is 0 Å². The molecule has 0 amide bonds. The summed E-state index contributed by atoms with van der Waals surface area (Å²) in [4.78, 5) is 10.4.